The van der Waals surface area contributed by atoms with Gasteiger partial charge >= 0.3 is 0 Å². The molecule has 0 aliphatic heterocycles. The fraction of sp³-hybridized carbons (Fsp3) is 0. The molecule has 0 aliphatic rings. The third kappa shape index (κ3) is 1.12. The van der Waals surface area contributed by atoms with Gasteiger partial charge in [-0.2, -0.15) is 4.39 Å². The topological polar surface area (TPSA) is 71.8 Å². The summed E-state index contributed by atoms with van der Waals surface area (Å²) in [4.78, 5) is 15.8. The van der Waals surface area contributed by atoms with Crippen LogP contribution in [0.15, 0.2) is 18.5 Å². The van der Waals surface area contributed by atoms with Crippen LogP contribution in [-0.4, -0.2) is 14.9 Å². The van der Waals surface area contributed by atoms with Crippen LogP contribution in [0, 0.1) is 16.1 Å². The second-order valence-electron chi connectivity index (χ2n) is 2.48. The Labute approximate surface area is 71.4 Å². The fourth-order valence-electron chi connectivity index (χ4n) is 1.13. The second-order valence-corrected chi connectivity index (χ2v) is 2.48. The van der Waals surface area contributed by atoms with E-state index in [1.807, 2.05) is 0 Å². The van der Waals surface area contributed by atoms with Gasteiger partial charge in [-0.15, -0.1) is 0 Å². The zero-order valence-corrected chi connectivity index (χ0v) is 6.32. The number of hydrogen-bond acceptors (Lipinski definition) is 3. The number of rotatable bonds is 1. The van der Waals surface area contributed by atoms with Crippen molar-refractivity contribution < 1.29 is 9.31 Å². The SMILES string of the molecule is O=[N+]([O-])c1c[nH]c2cc(F)ncc12. The van der Waals surface area contributed by atoms with Crippen molar-refractivity contribution in [2.24, 2.45) is 0 Å². The molecular weight excluding hydrogens is 177 g/mol. The Morgan fingerprint density at radius 3 is 3.08 bits per heavy atom. The number of nitrogens with zero attached hydrogens (tertiary/aromatic N) is 2. The van der Waals surface area contributed by atoms with Crippen LogP contribution in [0.4, 0.5) is 10.1 Å². The molecule has 0 saturated carbocycles. The third-order valence-corrected chi connectivity index (χ3v) is 1.71. The van der Waals surface area contributed by atoms with Crippen LogP contribution in [0.2, 0.25) is 0 Å². The average molecular weight is 181 g/mol. The lowest BCUT2D eigenvalue weighted by atomic mass is 10.3. The highest BCUT2D eigenvalue weighted by Crippen LogP contribution is 2.23. The molecule has 13 heavy (non-hydrogen) atoms. The van der Waals surface area contributed by atoms with Crippen molar-refractivity contribution >= 4 is 16.6 Å². The van der Waals surface area contributed by atoms with Gasteiger partial charge in [0, 0.05) is 12.3 Å². The van der Waals surface area contributed by atoms with E-state index in [0.29, 0.717) is 10.9 Å². The number of fused-ring (bicyclic) bond motifs is 1. The Hall–Kier alpha value is -1.98. The van der Waals surface area contributed by atoms with E-state index < -0.39 is 10.9 Å². The van der Waals surface area contributed by atoms with Gasteiger partial charge in [-0.05, 0) is 0 Å². The van der Waals surface area contributed by atoms with Crippen LogP contribution in [0.1, 0.15) is 0 Å². The van der Waals surface area contributed by atoms with Gasteiger partial charge in [-0.3, -0.25) is 10.1 Å². The highest BCUT2D eigenvalue weighted by Gasteiger charge is 2.13. The summed E-state index contributed by atoms with van der Waals surface area (Å²) in [6, 6.07) is 1.11. The van der Waals surface area contributed by atoms with Crippen molar-refractivity contribution in [3.05, 3.63) is 34.5 Å². The zero-order chi connectivity index (χ0) is 9.42. The number of nitrogens with one attached hydrogen (secondary N) is 1. The summed E-state index contributed by atoms with van der Waals surface area (Å²) in [5, 5.41) is 10.7. The van der Waals surface area contributed by atoms with Crippen molar-refractivity contribution in [3.8, 4) is 0 Å². The van der Waals surface area contributed by atoms with Gasteiger partial charge in [0.1, 0.15) is 0 Å². The molecule has 66 valence electrons. The molecule has 0 spiro atoms. The number of aromatic amines is 1. The molecule has 0 amide bonds. The van der Waals surface area contributed by atoms with E-state index in [9.17, 15) is 14.5 Å². The number of hydrogen-bond donors (Lipinski definition) is 1. The van der Waals surface area contributed by atoms with Crippen LogP contribution in [-0.2, 0) is 0 Å². The van der Waals surface area contributed by atoms with Gasteiger partial charge < -0.3 is 4.98 Å². The van der Waals surface area contributed by atoms with Crippen LogP contribution in [0.3, 0.4) is 0 Å². The van der Waals surface area contributed by atoms with Gasteiger partial charge in [0.05, 0.1) is 22.0 Å². The minimum absolute atomic E-state index is 0.0949. The molecule has 2 heterocycles. The maximum Gasteiger partial charge on any atom is 0.296 e. The number of aromatic nitrogens is 2. The molecule has 0 aromatic carbocycles. The fourth-order valence-corrected chi connectivity index (χ4v) is 1.13. The van der Waals surface area contributed by atoms with E-state index >= 15 is 0 Å². The summed E-state index contributed by atoms with van der Waals surface area (Å²) < 4.78 is 12.5. The monoisotopic (exact) mass is 181 g/mol. The van der Waals surface area contributed by atoms with Crippen molar-refractivity contribution in [2.75, 3.05) is 0 Å². The van der Waals surface area contributed by atoms with Gasteiger partial charge in [-0.1, -0.05) is 0 Å². The van der Waals surface area contributed by atoms with E-state index in [1.54, 1.807) is 0 Å². The molecule has 0 saturated heterocycles. The maximum absolute atomic E-state index is 12.5. The van der Waals surface area contributed by atoms with E-state index in [0.717, 1.165) is 12.3 Å². The molecule has 0 aliphatic carbocycles. The molecule has 0 atom stereocenters. The molecule has 0 fully saturated rings. The summed E-state index contributed by atoms with van der Waals surface area (Å²) in [5.74, 6) is -0.663. The Morgan fingerprint density at radius 1 is 1.62 bits per heavy atom. The van der Waals surface area contributed by atoms with Crippen molar-refractivity contribution in [1.29, 1.82) is 0 Å². The van der Waals surface area contributed by atoms with Crippen LogP contribution >= 0.6 is 0 Å². The first-order valence-corrected chi connectivity index (χ1v) is 3.45. The number of halogens is 1. The Balaban J connectivity index is 2.76. The van der Waals surface area contributed by atoms with Crippen LogP contribution < -0.4 is 0 Å². The van der Waals surface area contributed by atoms with Gasteiger partial charge in [0.2, 0.25) is 5.95 Å². The first kappa shape index (κ1) is 7.66. The predicted octanol–water partition coefficient (Wildman–Crippen LogP) is 1.61. The summed E-state index contributed by atoms with van der Waals surface area (Å²) in [5.41, 5.74) is 0.279. The first-order valence-electron chi connectivity index (χ1n) is 3.45. The summed E-state index contributed by atoms with van der Waals surface area (Å²) >= 11 is 0. The Bertz CT molecular complexity index is 480. The molecule has 2 aromatic heterocycles. The largest absolute Gasteiger partial charge is 0.355 e. The normalized spacial score (nSPS) is 10.5. The molecular formula is C7H4FN3O2. The summed E-state index contributed by atoms with van der Waals surface area (Å²) in [7, 11) is 0. The number of H-pyrrole nitrogens is 1. The summed E-state index contributed by atoms with van der Waals surface area (Å²) in [6.45, 7) is 0. The lowest BCUT2D eigenvalue weighted by Crippen LogP contribution is -1.86. The standard InChI is InChI=1S/C7H4FN3O2/c8-7-1-5-4(2-10-7)6(3-9-5)11(12)13/h1-3,9H. The van der Waals surface area contributed by atoms with Gasteiger partial charge in [-0.25, -0.2) is 4.98 Å². The second kappa shape index (κ2) is 2.51. The zero-order valence-electron chi connectivity index (χ0n) is 6.32. The quantitative estimate of drug-likeness (QED) is 0.412. The predicted molar refractivity (Wildman–Crippen MR) is 42.7 cm³/mol. The molecule has 0 unspecified atom stereocenters. The van der Waals surface area contributed by atoms with Crippen LogP contribution in [0.5, 0.6) is 0 Å². The highest BCUT2D eigenvalue weighted by molar-refractivity contribution is 5.87. The molecule has 0 radical (unpaired) electrons. The maximum atomic E-state index is 12.5. The van der Waals surface area contributed by atoms with E-state index in [4.69, 9.17) is 0 Å². The van der Waals surface area contributed by atoms with Crippen molar-refractivity contribution in [1.82, 2.24) is 9.97 Å². The lowest BCUT2D eigenvalue weighted by Gasteiger charge is -1.88. The Kier molecular flexibility index (Phi) is 1.48. The Morgan fingerprint density at radius 2 is 2.38 bits per heavy atom. The minimum Gasteiger partial charge on any atom is -0.355 e. The molecule has 2 aromatic rings. The van der Waals surface area contributed by atoms with Crippen molar-refractivity contribution in [3.63, 3.8) is 0 Å². The molecule has 6 heteroatoms. The van der Waals surface area contributed by atoms with Crippen LogP contribution in [0.25, 0.3) is 10.9 Å². The lowest BCUT2D eigenvalue weighted by molar-refractivity contribution is -0.383. The van der Waals surface area contributed by atoms with E-state index in [-0.39, 0.29) is 5.69 Å². The summed E-state index contributed by atoms with van der Waals surface area (Å²) in [6.07, 6.45) is 2.35. The third-order valence-electron chi connectivity index (χ3n) is 1.71. The molecule has 0 bridgehead atoms. The van der Waals surface area contributed by atoms with Gasteiger partial charge in [0.15, 0.2) is 0 Å². The first-order chi connectivity index (χ1) is 6.18. The number of pyridine rings is 1. The van der Waals surface area contributed by atoms with Gasteiger partial charge in [0.25, 0.3) is 5.69 Å². The minimum atomic E-state index is -0.663. The van der Waals surface area contributed by atoms with Crippen molar-refractivity contribution in [2.45, 2.75) is 0 Å². The van der Waals surface area contributed by atoms with E-state index in [2.05, 4.69) is 9.97 Å². The number of nitro groups is 1. The average Bonchev–Trinajstić information content (AvgIpc) is 2.46. The molecule has 5 nitrogen and oxygen atoms in total. The smallest absolute Gasteiger partial charge is 0.296 e. The highest BCUT2D eigenvalue weighted by atomic mass is 19.1. The molecule has 2 rings (SSSR count). The van der Waals surface area contributed by atoms with E-state index in [1.165, 1.54) is 6.20 Å². The molecule has 1 N–H and O–H groups in total.